The van der Waals surface area contributed by atoms with Crippen LogP contribution in [0.25, 0.3) is 0 Å². The second-order valence-electron chi connectivity index (χ2n) is 5.42. The zero-order valence-corrected chi connectivity index (χ0v) is 13.0. The number of furan rings is 1. The minimum atomic E-state index is 0.310. The molecule has 1 aromatic heterocycles. The molecule has 3 rings (SSSR count). The second kappa shape index (κ2) is 6.59. The van der Waals surface area contributed by atoms with E-state index in [1.54, 1.807) is 6.26 Å². The molecule has 0 aliphatic heterocycles. The van der Waals surface area contributed by atoms with Crippen molar-refractivity contribution in [1.82, 2.24) is 0 Å². The van der Waals surface area contributed by atoms with Crippen LogP contribution in [0.15, 0.2) is 51.7 Å². The molecule has 0 unspecified atom stereocenters. The quantitative estimate of drug-likeness (QED) is 0.758. The van der Waals surface area contributed by atoms with Crippen LogP contribution in [0.2, 0.25) is 0 Å². The average molecular weight is 335 g/mol. The van der Waals surface area contributed by atoms with Gasteiger partial charge in [0.25, 0.3) is 0 Å². The van der Waals surface area contributed by atoms with Gasteiger partial charge in [-0.25, -0.2) is 0 Å². The number of rotatable bonds is 4. The summed E-state index contributed by atoms with van der Waals surface area (Å²) in [6.45, 7) is 0.687. The van der Waals surface area contributed by atoms with E-state index in [1.807, 2.05) is 6.26 Å². The van der Waals surface area contributed by atoms with Crippen LogP contribution < -0.4 is 0 Å². The minimum absolute atomic E-state index is 0.310. The molecule has 0 bridgehead atoms. The highest BCUT2D eigenvalue weighted by atomic mass is 79.9. The summed E-state index contributed by atoms with van der Waals surface area (Å²) in [4.78, 5) is 0. The monoisotopic (exact) mass is 334 g/mol. The van der Waals surface area contributed by atoms with E-state index in [9.17, 15) is 0 Å². The van der Waals surface area contributed by atoms with E-state index in [2.05, 4.69) is 46.3 Å². The number of hydrogen-bond acceptors (Lipinski definition) is 2. The van der Waals surface area contributed by atoms with Crippen LogP contribution in [0.4, 0.5) is 0 Å². The van der Waals surface area contributed by atoms with Gasteiger partial charge in [-0.2, -0.15) is 0 Å². The van der Waals surface area contributed by atoms with Crippen molar-refractivity contribution < 1.29 is 9.15 Å². The molecule has 0 radical (unpaired) electrons. The summed E-state index contributed by atoms with van der Waals surface area (Å²) in [5.41, 5.74) is 2.51. The molecule has 1 aliphatic carbocycles. The molecule has 1 fully saturated rings. The number of halogens is 1. The van der Waals surface area contributed by atoms with Crippen molar-refractivity contribution in [1.29, 1.82) is 0 Å². The van der Waals surface area contributed by atoms with E-state index in [4.69, 9.17) is 9.15 Å². The molecule has 20 heavy (non-hydrogen) atoms. The van der Waals surface area contributed by atoms with E-state index < -0.39 is 0 Å². The Bertz CT molecular complexity index is 518. The Kier molecular flexibility index (Phi) is 4.58. The third-order valence-corrected chi connectivity index (χ3v) is 4.58. The van der Waals surface area contributed by atoms with Crippen molar-refractivity contribution in [3.05, 3.63) is 58.5 Å². The number of ether oxygens (including phenoxy) is 1. The Balaban J connectivity index is 1.64. The summed E-state index contributed by atoms with van der Waals surface area (Å²) in [6.07, 6.45) is 8.83. The smallest absolute Gasteiger partial charge is 0.0938 e. The minimum Gasteiger partial charge on any atom is -0.472 e. The Morgan fingerprint density at radius 1 is 1.10 bits per heavy atom. The third-order valence-electron chi connectivity index (χ3n) is 4.05. The predicted octanol–water partition coefficient (Wildman–Crippen LogP) is 5.29. The molecule has 2 aromatic rings. The summed E-state index contributed by atoms with van der Waals surface area (Å²) >= 11 is 3.46. The number of hydrogen-bond donors (Lipinski definition) is 0. The lowest BCUT2D eigenvalue weighted by Crippen LogP contribution is -2.25. The highest BCUT2D eigenvalue weighted by Gasteiger charge is 2.27. The van der Waals surface area contributed by atoms with E-state index in [0.29, 0.717) is 18.6 Å². The third kappa shape index (κ3) is 3.33. The Hall–Kier alpha value is -1.06. The van der Waals surface area contributed by atoms with Crippen LogP contribution in [0.1, 0.15) is 42.7 Å². The van der Waals surface area contributed by atoms with Gasteiger partial charge in [-0.3, -0.25) is 0 Å². The SMILES string of the molecule is Brc1ccc(CO[C@H]2CCCC[C@@H]2c2ccoc2)cc1. The zero-order valence-electron chi connectivity index (χ0n) is 11.4. The van der Waals surface area contributed by atoms with Gasteiger partial charge in [0.05, 0.1) is 25.2 Å². The topological polar surface area (TPSA) is 22.4 Å². The first-order valence-corrected chi connectivity index (χ1v) is 8.00. The van der Waals surface area contributed by atoms with Gasteiger partial charge in [0.1, 0.15) is 0 Å². The van der Waals surface area contributed by atoms with Crippen molar-refractivity contribution in [2.45, 2.75) is 44.3 Å². The fraction of sp³-hybridized carbons (Fsp3) is 0.412. The molecule has 0 saturated heterocycles. The first kappa shape index (κ1) is 13.9. The summed E-state index contributed by atoms with van der Waals surface area (Å²) < 4.78 is 12.5. The van der Waals surface area contributed by atoms with Crippen LogP contribution >= 0.6 is 15.9 Å². The van der Waals surface area contributed by atoms with Crippen LogP contribution in [-0.2, 0) is 11.3 Å². The summed E-state index contributed by atoms with van der Waals surface area (Å²) in [5.74, 6) is 0.484. The lowest BCUT2D eigenvalue weighted by atomic mass is 9.82. The molecular weight excluding hydrogens is 316 g/mol. The zero-order chi connectivity index (χ0) is 13.8. The highest BCUT2D eigenvalue weighted by Crippen LogP contribution is 2.35. The fourth-order valence-corrected chi connectivity index (χ4v) is 3.21. The normalized spacial score (nSPS) is 22.9. The van der Waals surface area contributed by atoms with Gasteiger partial charge in [-0.05, 0) is 42.2 Å². The van der Waals surface area contributed by atoms with Crippen LogP contribution in [-0.4, -0.2) is 6.10 Å². The van der Waals surface area contributed by atoms with Crippen molar-refractivity contribution in [3.8, 4) is 0 Å². The fourth-order valence-electron chi connectivity index (χ4n) is 2.95. The molecule has 0 N–H and O–H groups in total. The molecule has 1 aliphatic rings. The molecule has 0 amide bonds. The summed E-state index contributed by atoms with van der Waals surface area (Å²) in [7, 11) is 0. The number of benzene rings is 1. The lowest BCUT2D eigenvalue weighted by Gasteiger charge is -2.31. The van der Waals surface area contributed by atoms with Crippen LogP contribution in [0, 0.1) is 0 Å². The van der Waals surface area contributed by atoms with Gasteiger partial charge in [-0.1, -0.05) is 40.9 Å². The van der Waals surface area contributed by atoms with E-state index in [-0.39, 0.29) is 0 Å². The van der Waals surface area contributed by atoms with Gasteiger partial charge in [0.2, 0.25) is 0 Å². The van der Waals surface area contributed by atoms with Crippen molar-refractivity contribution in [3.63, 3.8) is 0 Å². The van der Waals surface area contributed by atoms with Gasteiger partial charge in [0, 0.05) is 10.4 Å². The maximum absolute atomic E-state index is 6.19. The second-order valence-corrected chi connectivity index (χ2v) is 6.34. The first-order valence-electron chi connectivity index (χ1n) is 7.21. The standard InChI is InChI=1S/C17H19BrO2/c18-15-7-5-13(6-8-15)11-20-17-4-2-1-3-16(17)14-9-10-19-12-14/h5-10,12,16-17H,1-4,11H2/t16-,17+/m1/s1. The highest BCUT2D eigenvalue weighted by molar-refractivity contribution is 9.10. The molecule has 1 saturated carbocycles. The Morgan fingerprint density at radius 3 is 2.65 bits per heavy atom. The maximum Gasteiger partial charge on any atom is 0.0938 e. The Morgan fingerprint density at radius 2 is 1.90 bits per heavy atom. The van der Waals surface area contributed by atoms with E-state index in [1.165, 1.54) is 30.4 Å². The molecule has 0 spiro atoms. The molecule has 1 aromatic carbocycles. The van der Waals surface area contributed by atoms with Gasteiger partial charge in [0.15, 0.2) is 0 Å². The molecular formula is C17H19BrO2. The summed E-state index contributed by atoms with van der Waals surface area (Å²) in [5, 5.41) is 0. The largest absolute Gasteiger partial charge is 0.472 e. The molecule has 2 atom stereocenters. The van der Waals surface area contributed by atoms with Crippen LogP contribution in [0.3, 0.4) is 0 Å². The predicted molar refractivity (Wildman–Crippen MR) is 82.6 cm³/mol. The van der Waals surface area contributed by atoms with Gasteiger partial charge >= 0.3 is 0 Å². The van der Waals surface area contributed by atoms with Gasteiger partial charge < -0.3 is 9.15 Å². The maximum atomic E-state index is 6.19. The molecule has 2 nitrogen and oxygen atoms in total. The average Bonchev–Trinajstić information content (AvgIpc) is 3.01. The molecule has 106 valence electrons. The van der Waals surface area contributed by atoms with E-state index in [0.717, 1.165) is 10.9 Å². The van der Waals surface area contributed by atoms with Gasteiger partial charge in [-0.15, -0.1) is 0 Å². The van der Waals surface area contributed by atoms with Crippen molar-refractivity contribution in [2.24, 2.45) is 0 Å². The van der Waals surface area contributed by atoms with E-state index >= 15 is 0 Å². The van der Waals surface area contributed by atoms with Crippen LogP contribution in [0.5, 0.6) is 0 Å². The lowest BCUT2D eigenvalue weighted by molar-refractivity contribution is 0.00186. The first-order chi connectivity index (χ1) is 9.83. The Labute approximate surface area is 128 Å². The molecule has 1 heterocycles. The molecule has 3 heteroatoms. The summed E-state index contributed by atoms with van der Waals surface area (Å²) in [6, 6.07) is 10.4. The van der Waals surface area contributed by atoms with Crippen molar-refractivity contribution >= 4 is 15.9 Å². The van der Waals surface area contributed by atoms with Crippen molar-refractivity contribution in [2.75, 3.05) is 0 Å².